The predicted molar refractivity (Wildman–Crippen MR) is 81.4 cm³/mol. The van der Waals surface area contributed by atoms with E-state index in [0.29, 0.717) is 12.2 Å². The largest absolute Gasteiger partial charge is 0.395 e. The average Bonchev–Trinajstić information content (AvgIpc) is 2.88. The van der Waals surface area contributed by atoms with Gasteiger partial charge in [-0.2, -0.15) is 0 Å². The summed E-state index contributed by atoms with van der Waals surface area (Å²) in [6, 6.07) is 4.77. The molecule has 0 saturated carbocycles. The molecule has 2 rings (SSSR count). The number of aliphatic hydroxyl groups excluding tert-OH is 2. The fourth-order valence-electron chi connectivity index (χ4n) is 2.50. The number of carbonyl (C=O) groups is 2. The zero-order valence-corrected chi connectivity index (χ0v) is 12.6. The van der Waals surface area contributed by atoms with Crippen molar-refractivity contribution >= 4 is 17.6 Å². The number of halogens is 1. The molecule has 23 heavy (non-hydrogen) atoms. The van der Waals surface area contributed by atoms with Crippen molar-refractivity contribution in [3.63, 3.8) is 0 Å². The van der Waals surface area contributed by atoms with Gasteiger partial charge < -0.3 is 25.3 Å². The van der Waals surface area contributed by atoms with Gasteiger partial charge in [0, 0.05) is 31.7 Å². The molecular weight excluding hydrogens is 305 g/mol. The molecule has 0 radical (unpaired) electrons. The third-order valence-corrected chi connectivity index (χ3v) is 3.62. The highest BCUT2D eigenvalue weighted by Gasteiger charge is 2.32. The molecule has 1 aromatic rings. The van der Waals surface area contributed by atoms with Gasteiger partial charge in [0.2, 0.25) is 5.91 Å². The van der Waals surface area contributed by atoms with Crippen LogP contribution in [0.3, 0.4) is 0 Å². The van der Waals surface area contributed by atoms with E-state index in [-0.39, 0.29) is 50.5 Å². The highest BCUT2D eigenvalue weighted by Crippen LogP contribution is 2.21. The van der Waals surface area contributed by atoms with Gasteiger partial charge in [-0.3, -0.25) is 4.79 Å². The van der Waals surface area contributed by atoms with Gasteiger partial charge >= 0.3 is 6.03 Å². The van der Waals surface area contributed by atoms with E-state index in [1.54, 1.807) is 0 Å². The van der Waals surface area contributed by atoms with E-state index in [1.165, 1.54) is 34.1 Å². The van der Waals surface area contributed by atoms with Crippen molar-refractivity contribution in [3.8, 4) is 0 Å². The summed E-state index contributed by atoms with van der Waals surface area (Å²) in [6.07, 6.45) is 0.148. The van der Waals surface area contributed by atoms with Crippen LogP contribution in [0.4, 0.5) is 14.9 Å². The first kappa shape index (κ1) is 17.2. The summed E-state index contributed by atoms with van der Waals surface area (Å²) in [5.74, 6) is -0.535. The number of aliphatic hydroxyl groups is 2. The Balaban J connectivity index is 1.96. The fraction of sp³-hybridized carbons (Fsp3) is 0.467. The van der Waals surface area contributed by atoms with E-state index in [2.05, 4.69) is 5.32 Å². The van der Waals surface area contributed by atoms with Crippen LogP contribution in [0.1, 0.15) is 6.42 Å². The average molecular weight is 325 g/mol. The Morgan fingerprint density at radius 3 is 2.43 bits per heavy atom. The summed E-state index contributed by atoms with van der Waals surface area (Å²) < 4.78 is 12.9. The van der Waals surface area contributed by atoms with Gasteiger partial charge in [-0.25, -0.2) is 9.18 Å². The maximum absolute atomic E-state index is 12.9. The molecule has 0 aromatic heterocycles. The Kier molecular flexibility index (Phi) is 5.89. The van der Waals surface area contributed by atoms with Crippen molar-refractivity contribution in [2.45, 2.75) is 12.5 Å². The molecule has 126 valence electrons. The molecule has 1 aromatic carbocycles. The third-order valence-electron chi connectivity index (χ3n) is 3.62. The van der Waals surface area contributed by atoms with E-state index in [0.717, 1.165) is 0 Å². The number of hydrogen-bond acceptors (Lipinski definition) is 4. The number of rotatable bonds is 6. The zero-order chi connectivity index (χ0) is 16.8. The summed E-state index contributed by atoms with van der Waals surface area (Å²) in [7, 11) is 0. The van der Waals surface area contributed by atoms with Gasteiger partial charge in [-0.15, -0.1) is 0 Å². The van der Waals surface area contributed by atoms with E-state index >= 15 is 0 Å². The Morgan fingerprint density at radius 2 is 1.87 bits per heavy atom. The molecule has 3 amide bonds. The quantitative estimate of drug-likeness (QED) is 0.682. The standard InChI is InChI=1S/C15H20FN3O4/c16-11-1-3-13(4-2-11)19-10-12(9-14(19)22)17-15(23)18(5-7-20)6-8-21/h1-4,12,20-21H,5-10H2,(H,17,23)/t12-/m1/s1. The molecule has 1 atom stereocenters. The number of anilines is 1. The highest BCUT2D eigenvalue weighted by atomic mass is 19.1. The number of amides is 3. The zero-order valence-electron chi connectivity index (χ0n) is 12.6. The Labute approximate surface area is 133 Å². The second-order valence-electron chi connectivity index (χ2n) is 5.27. The van der Waals surface area contributed by atoms with Crippen molar-refractivity contribution in [2.24, 2.45) is 0 Å². The number of benzene rings is 1. The lowest BCUT2D eigenvalue weighted by molar-refractivity contribution is -0.117. The molecule has 1 fully saturated rings. The van der Waals surface area contributed by atoms with Gasteiger partial charge in [0.05, 0.1) is 19.3 Å². The lowest BCUT2D eigenvalue weighted by Gasteiger charge is -2.23. The lowest BCUT2D eigenvalue weighted by atomic mass is 10.2. The number of carbonyl (C=O) groups excluding carboxylic acids is 2. The monoisotopic (exact) mass is 325 g/mol. The Morgan fingerprint density at radius 1 is 1.26 bits per heavy atom. The second-order valence-corrected chi connectivity index (χ2v) is 5.27. The Bertz CT molecular complexity index is 546. The van der Waals surface area contributed by atoms with Crippen molar-refractivity contribution in [1.82, 2.24) is 10.2 Å². The topological polar surface area (TPSA) is 93.1 Å². The number of urea groups is 1. The molecule has 1 aliphatic heterocycles. The summed E-state index contributed by atoms with van der Waals surface area (Å²) >= 11 is 0. The second kappa shape index (κ2) is 7.89. The van der Waals surface area contributed by atoms with Crippen molar-refractivity contribution in [1.29, 1.82) is 0 Å². The van der Waals surface area contributed by atoms with Crippen LogP contribution < -0.4 is 10.2 Å². The van der Waals surface area contributed by atoms with Crippen LogP contribution in [0.25, 0.3) is 0 Å². The Hall–Kier alpha value is -2.19. The molecule has 8 heteroatoms. The molecular formula is C15H20FN3O4. The summed E-state index contributed by atoms with van der Waals surface area (Å²) in [6.45, 7) is 0.0865. The van der Waals surface area contributed by atoms with E-state index in [1.807, 2.05) is 0 Å². The molecule has 7 nitrogen and oxygen atoms in total. The molecule has 1 saturated heterocycles. The maximum atomic E-state index is 12.9. The SMILES string of the molecule is O=C(N[C@@H]1CC(=O)N(c2ccc(F)cc2)C1)N(CCO)CCO. The number of nitrogens with one attached hydrogen (secondary N) is 1. The minimum Gasteiger partial charge on any atom is -0.395 e. The summed E-state index contributed by atoms with van der Waals surface area (Å²) in [4.78, 5) is 26.9. The minimum absolute atomic E-state index is 0.106. The highest BCUT2D eigenvalue weighted by molar-refractivity contribution is 5.96. The first-order valence-electron chi connectivity index (χ1n) is 7.38. The first-order chi connectivity index (χ1) is 11.0. The number of nitrogens with zero attached hydrogens (tertiary/aromatic N) is 2. The van der Waals surface area contributed by atoms with Crippen LogP contribution in [-0.2, 0) is 4.79 Å². The maximum Gasteiger partial charge on any atom is 0.317 e. The molecule has 0 bridgehead atoms. The first-order valence-corrected chi connectivity index (χ1v) is 7.38. The van der Waals surface area contributed by atoms with Crippen LogP contribution in [0.5, 0.6) is 0 Å². The summed E-state index contributed by atoms with van der Waals surface area (Å²) in [5, 5.41) is 20.6. The molecule has 1 aliphatic rings. The van der Waals surface area contributed by atoms with Crippen molar-refractivity contribution in [3.05, 3.63) is 30.1 Å². The summed E-state index contributed by atoms with van der Waals surface area (Å²) in [5.41, 5.74) is 0.579. The van der Waals surface area contributed by atoms with Gasteiger partial charge in [0.1, 0.15) is 5.82 Å². The van der Waals surface area contributed by atoms with Gasteiger partial charge in [0.15, 0.2) is 0 Å². The molecule has 3 N–H and O–H groups in total. The van der Waals surface area contributed by atoms with Crippen LogP contribution >= 0.6 is 0 Å². The van der Waals surface area contributed by atoms with E-state index in [9.17, 15) is 14.0 Å². The minimum atomic E-state index is -0.438. The van der Waals surface area contributed by atoms with Gasteiger partial charge in [-0.05, 0) is 24.3 Å². The predicted octanol–water partition coefficient (Wildman–Crippen LogP) is -0.0728. The lowest BCUT2D eigenvalue weighted by Crippen LogP contribution is -2.47. The third kappa shape index (κ3) is 4.40. The molecule has 0 aliphatic carbocycles. The van der Waals surface area contributed by atoms with E-state index < -0.39 is 6.03 Å². The van der Waals surface area contributed by atoms with Crippen molar-refractivity contribution < 1.29 is 24.2 Å². The normalized spacial score (nSPS) is 17.4. The van der Waals surface area contributed by atoms with Gasteiger partial charge in [-0.1, -0.05) is 0 Å². The van der Waals surface area contributed by atoms with E-state index in [4.69, 9.17) is 10.2 Å². The van der Waals surface area contributed by atoms with Crippen LogP contribution in [0, 0.1) is 5.82 Å². The van der Waals surface area contributed by atoms with Crippen LogP contribution in [0.2, 0.25) is 0 Å². The fourth-order valence-corrected chi connectivity index (χ4v) is 2.50. The molecule has 1 heterocycles. The van der Waals surface area contributed by atoms with Crippen LogP contribution in [-0.4, -0.2) is 65.9 Å². The smallest absolute Gasteiger partial charge is 0.317 e. The molecule has 0 unspecified atom stereocenters. The van der Waals surface area contributed by atoms with Crippen molar-refractivity contribution in [2.75, 3.05) is 37.7 Å². The molecule has 0 spiro atoms. The number of hydrogen-bond donors (Lipinski definition) is 3. The van der Waals surface area contributed by atoms with Crippen LogP contribution in [0.15, 0.2) is 24.3 Å². The van der Waals surface area contributed by atoms with Gasteiger partial charge in [0.25, 0.3) is 0 Å².